The van der Waals surface area contributed by atoms with Crippen LogP contribution in [-0.2, 0) is 4.74 Å². The number of nitrogens with one attached hydrogen (secondary N) is 1. The first-order valence-corrected chi connectivity index (χ1v) is 6.31. The number of benzene rings is 1. The molecule has 92 valence electrons. The third-order valence-electron chi connectivity index (χ3n) is 3.49. The summed E-state index contributed by atoms with van der Waals surface area (Å²) in [5.41, 5.74) is 2.59. The van der Waals surface area contributed by atoms with Crippen LogP contribution in [0.25, 0.3) is 0 Å². The summed E-state index contributed by atoms with van der Waals surface area (Å²) in [5.74, 6) is 0. The lowest BCUT2D eigenvalue weighted by atomic mass is 10.2. The molecule has 17 heavy (non-hydrogen) atoms. The van der Waals surface area contributed by atoms with E-state index in [4.69, 9.17) is 4.74 Å². The number of morpholine rings is 1. The zero-order chi connectivity index (χ0) is 11.5. The molecule has 1 aromatic rings. The van der Waals surface area contributed by atoms with Gasteiger partial charge in [-0.1, -0.05) is 12.1 Å². The maximum absolute atomic E-state index is 5.36. The number of anilines is 2. The number of rotatable bonds is 3. The quantitative estimate of drug-likeness (QED) is 0.849. The second kappa shape index (κ2) is 4.94. The lowest BCUT2D eigenvalue weighted by Crippen LogP contribution is -2.41. The molecule has 4 heteroatoms. The third-order valence-corrected chi connectivity index (χ3v) is 3.49. The Kier molecular flexibility index (Phi) is 3.16. The normalized spacial score (nSPS) is 20.1. The molecule has 3 rings (SSSR count). The molecule has 0 unspecified atom stereocenters. The van der Waals surface area contributed by atoms with Crippen molar-refractivity contribution in [2.75, 3.05) is 56.3 Å². The van der Waals surface area contributed by atoms with Gasteiger partial charge in [0.1, 0.15) is 0 Å². The van der Waals surface area contributed by atoms with Gasteiger partial charge in [0.15, 0.2) is 0 Å². The molecule has 2 heterocycles. The number of ether oxygens (including phenoxy) is 1. The molecule has 1 N–H and O–H groups in total. The van der Waals surface area contributed by atoms with E-state index in [0.717, 1.165) is 46.1 Å². The van der Waals surface area contributed by atoms with E-state index in [9.17, 15) is 0 Å². The predicted molar refractivity (Wildman–Crippen MR) is 69.5 cm³/mol. The van der Waals surface area contributed by atoms with Crippen molar-refractivity contribution in [3.63, 3.8) is 0 Å². The van der Waals surface area contributed by atoms with E-state index >= 15 is 0 Å². The van der Waals surface area contributed by atoms with E-state index in [0.29, 0.717) is 0 Å². The average molecular weight is 233 g/mol. The zero-order valence-corrected chi connectivity index (χ0v) is 10.1. The topological polar surface area (TPSA) is 27.7 Å². The molecule has 1 saturated heterocycles. The molecule has 0 aliphatic carbocycles. The van der Waals surface area contributed by atoms with Gasteiger partial charge >= 0.3 is 0 Å². The molecule has 0 bridgehead atoms. The van der Waals surface area contributed by atoms with Crippen molar-refractivity contribution in [1.29, 1.82) is 0 Å². The van der Waals surface area contributed by atoms with Crippen LogP contribution >= 0.6 is 0 Å². The first-order chi connectivity index (χ1) is 8.43. The van der Waals surface area contributed by atoms with Crippen molar-refractivity contribution < 1.29 is 4.74 Å². The van der Waals surface area contributed by atoms with Gasteiger partial charge in [0.05, 0.1) is 31.3 Å². The number of para-hydroxylation sites is 2. The third kappa shape index (κ3) is 2.37. The van der Waals surface area contributed by atoms with Crippen molar-refractivity contribution in [1.82, 2.24) is 4.90 Å². The molecule has 0 saturated carbocycles. The molecule has 0 spiro atoms. The molecule has 0 radical (unpaired) electrons. The summed E-state index contributed by atoms with van der Waals surface area (Å²) in [5, 5.41) is 3.42. The minimum atomic E-state index is 0.884. The number of fused-ring (bicyclic) bond motifs is 1. The summed E-state index contributed by atoms with van der Waals surface area (Å²) in [6.45, 7) is 7.06. The summed E-state index contributed by atoms with van der Waals surface area (Å²) >= 11 is 0. The number of hydrogen-bond acceptors (Lipinski definition) is 4. The summed E-state index contributed by atoms with van der Waals surface area (Å²) in [6.07, 6.45) is 0. The Hall–Kier alpha value is -1.26. The lowest BCUT2D eigenvalue weighted by molar-refractivity contribution is 0.0392. The summed E-state index contributed by atoms with van der Waals surface area (Å²) in [6, 6.07) is 8.52. The van der Waals surface area contributed by atoms with Crippen LogP contribution in [0.4, 0.5) is 11.4 Å². The largest absolute Gasteiger partial charge is 0.379 e. The fourth-order valence-electron chi connectivity index (χ4n) is 2.45. The van der Waals surface area contributed by atoms with Crippen LogP contribution < -0.4 is 10.2 Å². The smallest absolute Gasteiger partial charge is 0.0878 e. The second-order valence-corrected chi connectivity index (χ2v) is 4.57. The summed E-state index contributed by atoms with van der Waals surface area (Å²) < 4.78 is 5.36. The lowest BCUT2D eigenvalue weighted by Gasteiger charge is -2.29. The van der Waals surface area contributed by atoms with E-state index in [1.165, 1.54) is 11.4 Å². The van der Waals surface area contributed by atoms with Crippen molar-refractivity contribution in [2.24, 2.45) is 0 Å². The molecule has 0 aromatic heterocycles. The Balaban J connectivity index is 1.56. The van der Waals surface area contributed by atoms with E-state index in [-0.39, 0.29) is 0 Å². The van der Waals surface area contributed by atoms with Crippen molar-refractivity contribution in [3.05, 3.63) is 24.3 Å². The Bertz CT molecular complexity index is 377. The fraction of sp³-hybridized carbons (Fsp3) is 0.538. The maximum Gasteiger partial charge on any atom is 0.0878 e. The van der Waals surface area contributed by atoms with Gasteiger partial charge in [-0.05, 0) is 12.1 Å². The van der Waals surface area contributed by atoms with Crippen molar-refractivity contribution >= 4 is 11.4 Å². The van der Waals surface area contributed by atoms with Crippen LogP contribution in [0.15, 0.2) is 24.3 Å². The van der Waals surface area contributed by atoms with Crippen LogP contribution in [0.3, 0.4) is 0 Å². The van der Waals surface area contributed by atoms with Gasteiger partial charge in [0.2, 0.25) is 0 Å². The number of nitrogens with zero attached hydrogens (tertiary/aromatic N) is 2. The average Bonchev–Trinajstić information content (AvgIpc) is 2.81. The molecule has 1 fully saturated rings. The minimum absolute atomic E-state index is 0.884. The monoisotopic (exact) mass is 233 g/mol. The molecule has 1 aromatic carbocycles. The predicted octanol–water partition coefficient (Wildman–Crippen LogP) is 1.21. The van der Waals surface area contributed by atoms with Crippen LogP contribution in [-0.4, -0.2) is 51.0 Å². The minimum Gasteiger partial charge on any atom is -0.379 e. The van der Waals surface area contributed by atoms with Gasteiger partial charge in [0.25, 0.3) is 0 Å². The standard InChI is InChI=1S/C13H19N3O/c1-2-4-13-12(3-1)14-11-16(13)6-5-15-7-9-17-10-8-15/h1-4,14H,5-11H2. The highest BCUT2D eigenvalue weighted by atomic mass is 16.5. The van der Waals surface area contributed by atoms with Gasteiger partial charge in [-0.25, -0.2) is 0 Å². The van der Waals surface area contributed by atoms with E-state index in [2.05, 4.69) is 39.4 Å². The molecule has 4 nitrogen and oxygen atoms in total. The van der Waals surface area contributed by atoms with Crippen LogP contribution in [0.1, 0.15) is 0 Å². The fourth-order valence-corrected chi connectivity index (χ4v) is 2.45. The Morgan fingerprint density at radius 2 is 1.94 bits per heavy atom. The van der Waals surface area contributed by atoms with E-state index < -0.39 is 0 Å². The maximum atomic E-state index is 5.36. The summed E-state index contributed by atoms with van der Waals surface area (Å²) in [4.78, 5) is 4.88. The van der Waals surface area contributed by atoms with E-state index in [1.807, 2.05) is 0 Å². The Morgan fingerprint density at radius 3 is 2.82 bits per heavy atom. The van der Waals surface area contributed by atoms with Gasteiger partial charge in [-0.2, -0.15) is 0 Å². The van der Waals surface area contributed by atoms with Gasteiger partial charge < -0.3 is 15.0 Å². The highest BCUT2D eigenvalue weighted by Crippen LogP contribution is 2.29. The highest BCUT2D eigenvalue weighted by molar-refractivity contribution is 5.74. The summed E-state index contributed by atoms with van der Waals surface area (Å²) in [7, 11) is 0. The molecule has 2 aliphatic rings. The van der Waals surface area contributed by atoms with Gasteiger partial charge in [-0.3, -0.25) is 4.90 Å². The van der Waals surface area contributed by atoms with Crippen molar-refractivity contribution in [2.45, 2.75) is 0 Å². The number of hydrogen-bond donors (Lipinski definition) is 1. The second-order valence-electron chi connectivity index (χ2n) is 4.57. The Morgan fingerprint density at radius 1 is 1.12 bits per heavy atom. The van der Waals surface area contributed by atoms with Crippen LogP contribution in [0.5, 0.6) is 0 Å². The van der Waals surface area contributed by atoms with Gasteiger partial charge in [-0.15, -0.1) is 0 Å². The molecule has 2 aliphatic heterocycles. The molecular weight excluding hydrogens is 214 g/mol. The van der Waals surface area contributed by atoms with E-state index in [1.54, 1.807) is 0 Å². The highest BCUT2D eigenvalue weighted by Gasteiger charge is 2.18. The van der Waals surface area contributed by atoms with Crippen LogP contribution in [0.2, 0.25) is 0 Å². The molecule has 0 amide bonds. The first kappa shape index (κ1) is 10.9. The van der Waals surface area contributed by atoms with Gasteiger partial charge in [0, 0.05) is 26.2 Å². The first-order valence-electron chi connectivity index (χ1n) is 6.31. The zero-order valence-electron chi connectivity index (χ0n) is 10.1. The molecular formula is C13H19N3O. The molecule has 0 atom stereocenters. The SMILES string of the molecule is c1ccc2c(c1)NCN2CCN1CCOCC1. The van der Waals surface area contributed by atoms with Crippen molar-refractivity contribution in [3.8, 4) is 0 Å². The Labute approximate surface area is 102 Å². The van der Waals surface area contributed by atoms with Crippen LogP contribution in [0, 0.1) is 0 Å².